The van der Waals surface area contributed by atoms with Gasteiger partial charge in [-0.1, -0.05) is 0 Å². The molecule has 1 aliphatic rings. The van der Waals surface area contributed by atoms with Crippen LogP contribution in [0.4, 0.5) is 0 Å². The average Bonchev–Trinajstić information content (AvgIpc) is 2.18. The highest BCUT2D eigenvalue weighted by Gasteiger charge is 2.21. The summed E-state index contributed by atoms with van der Waals surface area (Å²) in [5, 5.41) is 2.77. The second-order valence-corrected chi connectivity index (χ2v) is 3.67. The first kappa shape index (κ1) is 11.9. The molecule has 1 fully saturated rings. The number of carbonyl (C=O) groups excluding carboxylic acids is 2. The third kappa shape index (κ3) is 4.26. The Labute approximate surface area is 88.3 Å². The van der Waals surface area contributed by atoms with Crippen LogP contribution < -0.4 is 16.8 Å². The number of carbonyl (C=O) groups is 2. The lowest BCUT2D eigenvalue weighted by Gasteiger charge is -2.24. The molecule has 5 N–H and O–H groups in total. The molecule has 0 radical (unpaired) electrons. The Morgan fingerprint density at radius 1 is 1.40 bits per heavy atom. The van der Waals surface area contributed by atoms with Crippen LogP contribution >= 0.6 is 0 Å². The molecule has 15 heavy (non-hydrogen) atoms. The molecule has 86 valence electrons. The SMILES string of the molecule is NC(=O)CC(N)C(=O)NC1CCOCC1. The van der Waals surface area contributed by atoms with Gasteiger partial charge in [0.25, 0.3) is 0 Å². The van der Waals surface area contributed by atoms with E-state index in [2.05, 4.69) is 5.32 Å². The maximum atomic E-state index is 11.5. The maximum Gasteiger partial charge on any atom is 0.237 e. The number of hydrogen-bond acceptors (Lipinski definition) is 4. The summed E-state index contributed by atoms with van der Waals surface area (Å²) in [4.78, 5) is 22.0. The number of primary amides is 1. The summed E-state index contributed by atoms with van der Waals surface area (Å²) in [5.74, 6) is -0.884. The predicted octanol–water partition coefficient (Wildman–Crippen LogP) is -1.52. The monoisotopic (exact) mass is 215 g/mol. The highest BCUT2D eigenvalue weighted by Crippen LogP contribution is 2.06. The Kier molecular flexibility index (Phi) is 4.51. The lowest BCUT2D eigenvalue weighted by molar-refractivity contribution is -0.127. The van der Waals surface area contributed by atoms with Gasteiger partial charge in [-0.15, -0.1) is 0 Å². The molecule has 0 aromatic rings. The van der Waals surface area contributed by atoms with Crippen molar-refractivity contribution in [3.8, 4) is 0 Å². The minimum Gasteiger partial charge on any atom is -0.381 e. The largest absolute Gasteiger partial charge is 0.381 e. The van der Waals surface area contributed by atoms with E-state index in [-0.39, 0.29) is 18.4 Å². The van der Waals surface area contributed by atoms with Gasteiger partial charge in [-0.2, -0.15) is 0 Å². The number of amides is 2. The average molecular weight is 215 g/mol. The molecule has 1 saturated heterocycles. The van der Waals surface area contributed by atoms with Gasteiger partial charge in [0, 0.05) is 19.3 Å². The molecule has 0 aliphatic carbocycles. The summed E-state index contributed by atoms with van der Waals surface area (Å²) in [6.07, 6.45) is 1.46. The van der Waals surface area contributed by atoms with Crippen LogP contribution in [-0.2, 0) is 14.3 Å². The molecule has 2 amide bonds. The van der Waals surface area contributed by atoms with Crippen molar-refractivity contribution in [2.45, 2.75) is 31.3 Å². The number of nitrogens with one attached hydrogen (secondary N) is 1. The van der Waals surface area contributed by atoms with E-state index >= 15 is 0 Å². The van der Waals surface area contributed by atoms with Crippen molar-refractivity contribution in [1.29, 1.82) is 0 Å². The summed E-state index contributed by atoms with van der Waals surface area (Å²) >= 11 is 0. The Balaban J connectivity index is 2.30. The van der Waals surface area contributed by atoms with Crippen LogP contribution in [0, 0.1) is 0 Å². The first-order chi connectivity index (χ1) is 7.09. The summed E-state index contributed by atoms with van der Waals surface area (Å²) in [5.41, 5.74) is 10.4. The number of ether oxygens (including phenoxy) is 1. The number of hydrogen-bond donors (Lipinski definition) is 3. The fourth-order valence-electron chi connectivity index (χ4n) is 1.46. The zero-order chi connectivity index (χ0) is 11.3. The molecular formula is C9H17N3O3. The maximum absolute atomic E-state index is 11.5. The normalized spacial score (nSPS) is 19.5. The molecule has 0 bridgehead atoms. The van der Waals surface area contributed by atoms with Gasteiger partial charge in [0.2, 0.25) is 11.8 Å². The first-order valence-corrected chi connectivity index (χ1v) is 5.01. The van der Waals surface area contributed by atoms with Gasteiger partial charge in [-0.3, -0.25) is 9.59 Å². The van der Waals surface area contributed by atoms with Gasteiger partial charge in [-0.25, -0.2) is 0 Å². The smallest absolute Gasteiger partial charge is 0.237 e. The Bertz CT molecular complexity index is 239. The molecule has 1 unspecified atom stereocenters. The summed E-state index contributed by atoms with van der Waals surface area (Å²) in [7, 11) is 0. The van der Waals surface area contributed by atoms with Crippen LogP contribution in [0.1, 0.15) is 19.3 Å². The van der Waals surface area contributed by atoms with Gasteiger partial charge in [0.05, 0.1) is 12.5 Å². The first-order valence-electron chi connectivity index (χ1n) is 5.01. The van der Waals surface area contributed by atoms with Crippen LogP contribution in [-0.4, -0.2) is 37.1 Å². The molecule has 0 saturated carbocycles. The zero-order valence-corrected chi connectivity index (χ0v) is 8.57. The van der Waals surface area contributed by atoms with E-state index < -0.39 is 11.9 Å². The van der Waals surface area contributed by atoms with Crippen LogP contribution in [0.2, 0.25) is 0 Å². The lowest BCUT2D eigenvalue weighted by Crippen LogP contribution is -2.48. The van der Waals surface area contributed by atoms with E-state index in [1.807, 2.05) is 0 Å². The van der Waals surface area contributed by atoms with Crippen molar-refractivity contribution in [1.82, 2.24) is 5.32 Å². The zero-order valence-electron chi connectivity index (χ0n) is 8.57. The van der Waals surface area contributed by atoms with Gasteiger partial charge < -0.3 is 21.5 Å². The van der Waals surface area contributed by atoms with E-state index in [4.69, 9.17) is 16.2 Å². The third-order valence-corrected chi connectivity index (χ3v) is 2.33. The van der Waals surface area contributed by atoms with E-state index in [0.29, 0.717) is 13.2 Å². The molecule has 0 spiro atoms. The molecular weight excluding hydrogens is 198 g/mol. The van der Waals surface area contributed by atoms with Gasteiger partial charge in [0.15, 0.2) is 0 Å². The Morgan fingerprint density at radius 3 is 2.53 bits per heavy atom. The fourth-order valence-corrected chi connectivity index (χ4v) is 1.46. The topological polar surface area (TPSA) is 107 Å². The molecule has 6 nitrogen and oxygen atoms in total. The predicted molar refractivity (Wildman–Crippen MR) is 53.8 cm³/mol. The Morgan fingerprint density at radius 2 is 2.00 bits per heavy atom. The summed E-state index contributed by atoms with van der Waals surface area (Å²) in [6, 6.07) is -0.740. The van der Waals surface area contributed by atoms with Crippen molar-refractivity contribution < 1.29 is 14.3 Å². The van der Waals surface area contributed by atoms with Crippen LogP contribution in [0.15, 0.2) is 0 Å². The summed E-state index contributed by atoms with van der Waals surface area (Å²) < 4.78 is 5.15. The molecule has 1 rings (SSSR count). The Hall–Kier alpha value is -1.14. The van der Waals surface area contributed by atoms with Gasteiger partial charge >= 0.3 is 0 Å². The second-order valence-electron chi connectivity index (χ2n) is 3.67. The molecule has 0 aromatic carbocycles. The standard InChI is InChI=1S/C9H17N3O3/c10-7(5-8(11)13)9(14)12-6-1-3-15-4-2-6/h6-7H,1-5,10H2,(H2,11,13)(H,12,14). The number of rotatable bonds is 4. The van der Waals surface area contributed by atoms with E-state index in [1.54, 1.807) is 0 Å². The van der Waals surface area contributed by atoms with Crippen molar-refractivity contribution in [3.63, 3.8) is 0 Å². The van der Waals surface area contributed by atoms with Crippen LogP contribution in [0.25, 0.3) is 0 Å². The molecule has 1 aliphatic heterocycles. The minimum atomic E-state index is -0.842. The number of nitrogens with two attached hydrogens (primary N) is 2. The van der Waals surface area contributed by atoms with E-state index in [0.717, 1.165) is 12.8 Å². The van der Waals surface area contributed by atoms with Crippen LogP contribution in [0.5, 0.6) is 0 Å². The molecule has 1 heterocycles. The molecule has 6 heteroatoms. The highest BCUT2D eigenvalue weighted by atomic mass is 16.5. The third-order valence-electron chi connectivity index (χ3n) is 2.33. The molecule has 0 aromatic heterocycles. The summed E-state index contributed by atoms with van der Waals surface area (Å²) in [6.45, 7) is 1.30. The molecule has 1 atom stereocenters. The van der Waals surface area contributed by atoms with Gasteiger partial charge in [0.1, 0.15) is 0 Å². The van der Waals surface area contributed by atoms with Crippen molar-refractivity contribution in [2.24, 2.45) is 11.5 Å². The minimum absolute atomic E-state index is 0.102. The van der Waals surface area contributed by atoms with Crippen LogP contribution in [0.3, 0.4) is 0 Å². The van der Waals surface area contributed by atoms with Crippen molar-refractivity contribution >= 4 is 11.8 Å². The fraction of sp³-hybridized carbons (Fsp3) is 0.778. The second kappa shape index (κ2) is 5.67. The van der Waals surface area contributed by atoms with Crippen molar-refractivity contribution in [3.05, 3.63) is 0 Å². The highest BCUT2D eigenvalue weighted by molar-refractivity contribution is 5.87. The lowest BCUT2D eigenvalue weighted by atomic mass is 10.1. The van der Waals surface area contributed by atoms with E-state index in [9.17, 15) is 9.59 Å². The quantitative estimate of drug-likeness (QED) is 0.529. The van der Waals surface area contributed by atoms with Crippen molar-refractivity contribution in [2.75, 3.05) is 13.2 Å². The van der Waals surface area contributed by atoms with E-state index in [1.165, 1.54) is 0 Å². The van der Waals surface area contributed by atoms with Gasteiger partial charge in [-0.05, 0) is 12.8 Å².